The fourth-order valence-electron chi connectivity index (χ4n) is 3.25. The number of aromatic nitrogens is 1. The van der Waals surface area contributed by atoms with Crippen LogP contribution in [0.5, 0.6) is 11.5 Å². The second-order valence-electron chi connectivity index (χ2n) is 6.78. The Bertz CT molecular complexity index is 1080. The Morgan fingerprint density at radius 3 is 2.34 bits per heavy atom. The molecule has 3 aromatic rings. The van der Waals surface area contributed by atoms with Gasteiger partial charge in [-0.05, 0) is 37.4 Å². The van der Waals surface area contributed by atoms with Gasteiger partial charge in [-0.1, -0.05) is 25.2 Å². The van der Waals surface area contributed by atoms with Crippen molar-refractivity contribution in [3.63, 3.8) is 0 Å². The van der Waals surface area contributed by atoms with Gasteiger partial charge in [0.1, 0.15) is 11.3 Å². The van der Waals surface area contributed by atoms with Gasteiger partial charge in [0.05, 0.1) is 18.9 Å². The summed E-state index contributed by atoms with van der Waals surface area (Å²) in [5.74, 6) is -0.811. The summed E-state index contributed by atoms with van der Waals surface area (Å²) < 4.78 is 38.8. The number of hydrogen-bond acceptors (Lipinski definition) is 6. The summed E-state index contributed by atoms with van der Waals surface area (Å²) in [5.41, 5.74) is 0.428. The van der Waals surface area contributed by atoms with Gasteiger partial charge in [-0.25, -0.2) is 13.8 Å². The number of carbonyl (C=O) groups is 1. The number of benzene rings is 2. The summed E-state index contributed by atoms with van der Waals surface area (Å²) in [7, 11) is 3.01. The van der Waals surface area contributed by atoms with Crippen molar-refractivity contribution < 1.29 is 23.0 Å². The van der Waals surface area contributed by atoms with E-state index in [4.69, 9.17) is 9.47 Å². The molecule has 0 saturated heterocycles. The smallest absolute Gasteiger partial charge is 0.260 e. The first-order valence-electron chi connectivity index (χ1n) is 9.93. The Balaban J connectivity index is 0.00000363. The van der Waals surface area contributed by atoms with Crippen LogP contribution in [0.15, 0.2) is 30.3 Å². The predicted octanol–water partition coefficient (Wildman–Crippen LogP) is 5.00. The molecule has 32 heavy (non-hydrogen) atoms. The summed E-state index contributed by atoms with van der Waals surface area (Å²) in [6, 6.07) is 6.91. The molecular weight excluding hydrogens is 460 g/mol. The molecule has 1 amide bonds. The van der Waals surface area contributed by atoms with E-state index in [1.165, 1.54) is 25.2 Å². The highest BCUT2D eigenvalue weighted by molar-refractivity contribution is 7.22. The summed E-state index contributed by atoms with van der Waals surface area (Å²) in [4.78, 5) is 21.4. The molecule has 1 heterocycles. The van der Waals surface area contributed by atoms with Crippen LogP contribution in [0, 0.1) is 11.6 Å². The van der Waals surface area contributed by atoms with E-state index < -0.39 is 11.6 Å². The van der Waals surface area contributed by atoms with Gasteiger partial charge < -0.3 is 14.4 Å². The molecule has 0 aliphatic rings. The van der Waals surface area contributed by atoms with Gasteiger partial charge in [0.25, 0.3) is 5.91 Å². The molecule has 0 spiro atoms. The molecule has 0 saturated carbocycles. The highest BCUT2D eigenvalue weighted by atomic mass is 35.5. The maximum atomic E-state index is 14.2. The maximum absolute atomic E-state index is 14.2. The Morgan fingerprint density at radius 2 is 1.72 bits per heavy atom. The molecule has 10 heteroatoms. The number of fused-ring (bicyclic) bond motifs is 1. The van der Waals surface area contributed by atoms with E-state index in [1.54, 1.807) is 18.2 Å². The molecule has 174 valence electrons. The maximum Gasteiger partial charge on any atom is 0.260 e. The van der Waals surface area contributed by atoms with E-state index >= 15 is 0 Å². The molecule has 0 aliphatic carbocycles. The number of methoxy groups -OCH3 is 2. The van der Waals surface area contributed by atoms with Crippen LogP contribution >= 0.6 is 23.7 Å². The predicted molar refractivity (Wildman–Crippen MR) is 126 cm³/mol. The molecular formula is C22H26ClF2N3O3S. The first-order valence-corrected chi connectivity index (χ1v) is 10.7. The quantitative estimate of drug-likeness (QED) is 0.427. The molecule has 0 fully saturated rings. The van der Waals surface area contributed by atoms with Crippen molar-refractivity contribution in [2.45, 2.75) is 13.8 Å². The highest BCUT2D eigenvalue weighted by Gasteiger charge is 2.24. The first-order chi connectivity index (χ1) is 14.9. The van der Waals surface area contributed by atoms with Crippen LogP contribution in [-0.2, 0) is 0 Å². The van der Waals surface area contributed by atoms with Gasteiger partial charge in [0.2, 0.25) is 0 Å². The van der Waals surface area contributed by atoms with Gasteiger partial charge in [0.15, 0.2) is 22.4 Å². The SMILES string of the molecule is CCN(CC)CCN(C(=O)c1ccc(OC)c(OC)c1)c1nc2c(F)cc(F)cc2s1.Cl. The van der Waals surface area contributed by atoms with E-state index in [2.05, 4.69) is 9.88 Å². The number of hydrogen-bond donors (Lipinski definition) is 0. The van der Waals surface area contributed by atoms with Crippen molar-refractivity contribution in [2.75, 3.05) is 45.3 Å². The topological polar surface area (TPSA) is 54.9 Å². The van der Waals surface area contributed by atoms with Gasteiger partial charge in [-0.3, -0.25) is 9.69 Å². The van der Waals surface area contributed by atoms with Crippen LogP contribution in [-0.4, -0.2) is 56.2 Å². The number of likely N-dealkylation sites (N-methyl/N-ethyl adjacent to an activating group) is 1. The Hall–Kier alpha value is -2.49. The van der Waals surface area contributed by atoms with Crippen LogP contribution in [0.3, 0.4) is 0 Å². The molecule has 0 bridgehead atoms. The third kappa shape index (κ3) is 5.46. The summed E-state index contributed by atoms with van der Waals surface area (Å²) in [6.07, 6.45) is 0. The monoisotopic (exact) mass is 485 g/mol. The second kappa shape index (κ2) is 11.4. The minimum Gasteiger partial charge on any atom is -0.493 e. The lowest BCUT2D eigenvalue weighted by Gasteiger charge is -2.25. The van der Waals surface area contributed by atoms with Crippen LogP contribution in [0.2, 0.25) is 0 Å². The fourth-order valence-corrected chi connectivity index (χ4v) is 4.28. The van der Waals surface area contributed by atoms with E-state index in [1.807, 2.05) is 13.8 Å². The lowest BCUT2D eigenvalue weighted by Crippen LogP contribution is -2.38. The van der Waals surface area contributed by atoms with Crippen LogP contribution in [0.1, 0.15) is 24.2 Å². The van der Waals surface area contributed by atoms with E-state index in [9.17, 15) is 13.6 Å². The molecule has 2 aromatic carbocycles. The van der Waals surface area contributed by atoms with Crippen molar-refractivity contribution in [3.05, 3.63) is 47.5 Å². The zero-order valence-electron chi connectivity index (χ0n) is 18.4. The number of nitrogens with zero attached hydrogens (tertiary/aromatic N) is 3. The third-order valence-electron chi connectivity index (χ3n) is 5.04. The molecule has 0 atom stereocenters. The summed E-state index contributed by atoms with van der Waals surface area (Å²) in [5, 5.41) is 0.312. The molecule has 0 unspecified atom stereocenters. The molecule has 0 radical (unpaired) electrons. The Labute approximate surface area is 196 Å². The van der Waals surface area contributed by atoms with Crippen molar-refractivity contribution in [3.8, 4) is 11.5 Å². The second-order valence-corrected chi connectivity index (χ2v) is 7.79. The molecule has 1 aromatic heterocycles. The van der Waals surface area contributed by atoms with Gasteiger partial charge in [-0.15, -0.1) is 12.4 Å². The fraction of sp³-hybridized carbons (Fsp3) is 0.364. The Morgan fingerprint density at radius 1 is 1.03 bits per heavy atom. The lowest BCUT2D eigenvalue weighted by molar-refractivity contribution is 0.0983. The van der Waals surface area contributed by atoms with Crippen molar-refractivity contribution in [1.82, 2.24) is 9.88 Å². The zero-order valence-corrected chi connectivity index (χ0v) is 20.0. The number of thiazole rings is 1. The van der Waals surface area contributed by atoms with Gasteiger partial charge >= 0.3 is 0 Å². The van der Waals surface area contributed by atoms with Gasteiger partial charge in [0, 0.05) is 24.7 Å². The molecule has 0 N–H and O–H groups in total. The van der Waals surface area contributed by atoms with E-state index in [0.717, 1.165) is 30.5 Å². The number of rotatable bonds is 9. The van der Waals surface area contributed by atoms with Crippen molar-refractivity contribution in [2.24, 2.45) is 0 Å². The van der Waals surface area contributed by atoms with Crippen molar-refractivity contribution in [1.29, 1.82) is 0 Å². The standard InChI is InChI=1S/C22H25F2N3O3S.ClH/c1-5-26(6-2)9-10-27(21(28)14-7-8-17(29-3)18(11-14)30-4)22-25-20-16(24)12-15(23)13-19(20)31-22;/h7-8,11-13H,5-6,9-10H2,1-4H3;1H. The van der Waals surface area contributed by atoms with Crippen LogP contribution in [0.4, 0.5) is 13.9 Å². The highest BCUT2D eigenvalue weighted by Crippen LogP contribution is 2.33. The summed E-state index contributed by atoms with van der Waals surface area (Å²) >= 11 is 1.08. The summed E-state index contributed by atoms with van der Waals surface area (Å²) in [6.45, 7) is 6.69. The normalized spacial score (nSPS) is 10.8. The number of amides is 1. The third-order valence-corrected chi connectivity index (χ3v) is 6.07. The number of anilines is 1. The first kappa shape index (κ1) is 25.8. The number of halogens is 3. The van der Waals surface area contributed by atoms with Crippen LogP contribution in [0.25, 0.3) is 10.2 Å². The minimum atomic E-state index is -0.750. The molecule has 3 rings (SSSR count). The number of ether oxygens (including phenoxy) is 2. The average Bonchev–Trinajstić information content (AvgIpc) is 3.19. The van der Waals surface area contributed by atoms with E-state index in [0.29, 0.717) is 40.0 Å². The van der Waals surface area contributed by atoms with E-state index in [-0.39, 0.29) is 23.8 Å². The minimum absolute atomic E-state index is 0. The average molecular weight is 486 g/mol. The number of carbonyl (C=O) groups excluding carboxylic acids is 1. The molecule has 6 nitrogen and oxygen atoms in total. The molecule has 0 aliphatic heterocycles. The van der Waals surface area contributed by atoms with Crippen molar-refractivity contribution >= 4 is 45.0 Å². The lowest BCUT2D eigenvalue weighted by atomic mass is 10.1. The van der Waals surface area contributed by atoms with Crippen LogP contribution < -0.4 is 14.4 Å². The van der Waals surface area contributed by atoms with Gasteiger partial charge in [-0.2, -0.15) is 0 Å². The largest absolute Gasteiger partial charge is 0.493 e. The Kier molecular flexibility index (Phi) is 9.18. The zero-order chi connectivity index (χ0) is 22.5.